The molecular weight excluding hydrogens is 176 g/mol. The summed E-state index contributed by atoms with van der Waals surface area (Å²) in [6.45, 7) is 3.54. The first kappa shape index (κ1) is 10.7. The Morgan fingerprint density at radius 3 is 3.07 bits per heavy atom. The van der Waals surface area contributed by atoms with Gasteiger partial charge >= 0.3 is 0 Å². The molecule has 0 bridgehead atoms. The molecule has 0 atom stereocenters. The lowest BCUT2D eigenvalue weighted by Crippen LogP contribution is -2.04. The van der Waals surface area contributed by atoms with Gasteiger partial charge in [-0.15, -0.1) is 0 Å². The van der Waals surface area contributed by atoms with Gasteiger partial charge in [-0.05, 0) is 13.0 Å². The van der Waals surface area contributed by atoms with E-state index >= 15 is 0 Å². The lowest BCUT2D eigenvalue weighted by molar-refractivity contribution is 0.187. The smallest absolute Gasteiger partial charge is 0.0951 e. The summed E-state index contributed by atoms with van der Waals surface area (Å²) in [5.74, 6) is 0. The Bertz CT molecular complexity index is 313. The predicted molar refractivity (Wildman–Crippen MR) is 58.0 cm³/mol. The van der Waals surface area contributed by atoms with Crippen LogP contribution in [0.2, 0.25) is 0 Å². The van der Waals surface area contributed by atoms with E-state index in [2.05, 4.69) is 9.55 Å². The summed E-state index contributed by atoms with van der Waals surface area (Å²) in [5, 5.41) is 0. The van der Waals surface area contributed by atoms with Gasteiger partial charge < -0.3 is 9.30 Å². The van der Waals surface area contributed by atoms with E-state index in [1.165, 1.54) is 0 Å². The minimum Gasteiger partial charge on any atom is -0.383 e. The number of hydrogen-bond donors (Lipinski definition) is 0. The van der Waals surface area contributed by atoms with Crippen molar-refractivity contribution in [2.45, 2.75) is 13.5 Å². The van der Waals surface area contributed by atoms with Crippen LogP contribution in [0.4, 0.5) is 0 Å². The van der Waals surface area contributed by atoms with Crippen LogP contribution < -0.4 is 0 Å². The number of imidazole rings is 1. The van der Waals surface area contributed by atoms with E-state index in [1.54, 1.807) is 7.11 Å². The van der Waals surface area contributed by atoms with Crippen LogP contribution in [0.15, 0.2) is 30.8 Å². The Balaban J connectivity index is 2.62. The highest BCUT2D eigenvalue weighted by molar-refractivity contribution is 5.46. The van der Waals surface area contributed by atoms with Crippen molar-refractivity contribution in [1.82, 2.24) is 9.55 Å². The quantitative estimate of drug-likeness (QED) is 0.668. The normalized spacial score (nSPS) is 11.9. The second kappa shape index (κ2) is 6.16. The Morgan fingerprint density at radius 2 is 2.36 bits per heavy atom. The third-order valence-electron chi connectivity index (χ3n) is 1.85. The molecular formula is C11H16N2O. The van der Waals surface area contributed by atoms with Gasteiger partial charge in [-0.2, -0.15) is 0 Å². The summed E-state index contributed by atoms with van der Waals surface area (Å²) in [7, 11) is 1.70. The zero-order valence-corrected chi connectivity index (χ0v) is 8.68. The Kier molecular flexibility index (Phi) is 4.72. The summed E-state index contributed by atoms with van der Waals surface area (Å²) in [6, 6.07) is 0. The molecule has 3 heteroatoms. The van der Waals surface area contributed by atoms with Gasteiger partial charge in [0, 0.05) is 13.7 Å². The van der Waals surface area contributed by atoms with Crippen molar-refractivity contribution in [3.05, 3.63) is 36.4 Å². The minimum absolute atomic E-state index is 0.709. The van der Waals surface area contributed by atoms with Gasteiger partial charge in [-0.25, -0.2) is 4.98 Å². The molecule has 0 aromatic carbocycles. The fraction of sp³-hybridized carbons (Fsp3) is 0.364. The minimum atomic E-state index is 0.709. The summed E-state index contributed by atoms with van der Waals surface area (Å²) in [4.78, 5) is 4.09. The standard InChI is InChI=1S/C11H16N2O/c1-3-4-5-6-11-9-12-10-13(11)7-8-14-2/h3-6,9-10H,7-8H2,1-2H3/b4-3-,6-5-. The molecule has 0 aliphatic carbocycles. The van der Waals surface area contributed by atoms with Crippen molar-refractivity contribution < 1.29 is 4.74 Å². The maximum Gasteiger partial charge on any atom is 0.0951 e. The number of methoxy groups -OCH3 is 1. The number of ether oxygens (including phenoxy) is 1. The monoisotopic (exact) mass is 192 g/mol. The van der Waals surface area contributed by atoms with Crippen molar-refractivity contribution in [2.24, 2.45) is 0 Å². The maximum atomic E-state index is 5.01. The summed E-state index contributed by atoms with van der Waals surface area (Å²) in [6.07, 6.45) is 11.7. The van der Waals surface area contributed by atoms with Crippen molar-refractivity contribution in [3.63, 3.8) is 0 Å². The first-order chi connectivity index (χ1) is 6.88. The van der Waals surface area contributed by atoms with Crippen LogP contribution in [-0.2, 0) is 11.3 Å². The second-order valence-corrected chi connectivity index (χ2v) is 2.89. The van der Waals surface area contributed by atoms with Crippen LogP contribution in [0.5, 0.6) is 0 Å². The van der Waals surface area contributed by atoms with E-state index in [-0.39, 0.29) is 0 Å². The van der Waals surface area contributed by atoms with Crippen LogP contribution in [0, 0.1) is 0 Å². The van der Waals surface area contributed by atoms with Crippen molar-refractivity contribution in [1.29, 1.82) is 0 Å². The zero-order valence-electron chi connectivity index (χ0n) is 8.68. The molecule has 0 spiro atoms. The van der Waals surface area contributed by atoms with Gasteiger partial charge in [0.2, 0.25) is 0 Å². The van der Waals surface area contributed by atoms with E-state index in [0.717, 1.165) is 12.2 Å². The molecule has 1 aromatic heterocycles. The molecule has 0 fully saturated rings. The van der Waals surface area contributed by atoms with E-state index < -0.39 is 0 Å². The number of allylic oxidation sites excluding steroid dienone is 3. The summed E-state index contributed by atoms with van der Waals surface area (Å²) in [5.41, 5.74) is 1.10. The largest absolute Gasteiger partial charge is 0.383 e. The molecule has 0 N–H and O–H groups in total. The van der Waals surface area contributed by atoms with E-state index in [9.17, 15) is 0 Å². The van der Waals surface area contributed by atoms with Crippen LogP contribution in [0.25, 0.3) is 6.08 Å². The molecule has 1 heterocycles. The summed E-state index contributed by atoms with van der Waals surface area (Å²) >= 11 is 0. The lowest BCUT2D eigenvalue weighted by Gasteiger charge is -2.02. The van der Waals surface area contributed by atoms with E-state index in [0.29, 0.717) is 6.61 Å². The molecule has 0 saturated heterocycles. The summed E-state index contributed by atoms with van der Waals surface area (Å²) < 4.78 is 7.07. The molecule has 1 aromatic rings. The lowest BCUT2D eigenvalue weighted by atomic mass is 10.3. The molecule has 0 aliphatic rings. The number of rotatable bonds is 5. The van der Waals surface area contributed by atoms with Gasteiger partial charge in [-0.1, -0.05) is 18.2 Å². The second-order valence-electron chi connectivity index (χ2n) is 2.89. The molecule has 0 saturated carbocycles. The van der Waals surface area contributed by atoms with Crippen LogP contribution in [0.3, 0.4) is 0 Å². The fourth-order valence-corrected chi connectivity index (χ4v) is 1.11. The molecule has 0 amide bonds. The number of nitrogens with zero attached hydrogens (tertiary/aromatic N) is 2. The average molecular weight is 192 g/mol. The molecule has 3 nitrogen and oxygen atoms in total. The fourth-order valence-electron chi connectivity index (χ4n) is 1.11. The van der Waals surface area contributed by atoms with Gasteiger partial charge in [0.05, 0.1) is 24.8 Å². The SMILES string of the molecule is C/C=C\C=C/c1cncn1CCOC. The van der Waals surface area contributed by atoms with Crippen molar-refractivity contribution in [3.8, 4) is 0 Å². The van der Waals surface area contributed by atoms with Gasteiger partial charge in [0.15, 0.2) is 0 Å². The topological polar surface area (TPSA) is 27.1 Å². The first-order valence-electron chi connectivity index (χ1n) is 4.67. The highest BCUT2D eigenvalue weighted by Gasteiger charge is 1.96. The Labute approximate surface area is 84.7 Å². The first-order valence-corrected chi connectivity index (χ1v) is 4.67. The highest BCUT2D eigenvalue weighted by atomic mass is 16.5. The molecule has 14 heavy (non-hydrogen) atoms. The third kappa shape index (κ3) is 3.18. The molecule has 0 aliphatic heterocycles. The van der Waals surface area contributed by atoms with E-state index in [1.807, 2.05) is 43.8 Å². The van der Waals surface area contributed by atoms with Gasteiger partial charge in [0.1, 0.15) is 0 Å². The van der Waals surface area contributed by atoms with Crippen LogP contribution in [-0.4, -0.2) is 23.3 Å². The van der Waals surface area contributed by atoms with Gasteiger partial charge in [-0.3, -0.25) is 0 Å². The molecule has 0 radical (unpaired) electrons. The molecule has 1 rings (SSSR count). The zero-order chi connectivity index (χ0) is 10.2. The number of aromatic nitrogens is 2. The maximum absolute atomic E-state index is 5.01. The third-order valence-corrected chi connectivity index (χ3v) is 1.85. The van der Waals surface area contributed by atoms with Crippen molar-refractivity contribution >= 4 is 6.08 Å². The Hall–Kier alpha value is -1.35. The molecule has 76 valence electrons. The van der Waals surface area contributed by atoms with E-state index in [4.69, 9.17) is 4.74 Å². The van der Waals surface area contributed by atoms with Crippen molar-refractivity contribution in [2.75, 3.05) is 13.7 Å². The van der Waals surface area contributed by atoms with Gasteiger partial charge in [0.25, 0.3) is 0 Å². The Morgan fingerprint density at radius 1 is 1.50 bits per heavy atom. The highest BCUT2D eigenvalue weighted by Crippen LogP contribution is 2.02. The van der Waals surface area contributed by atoms with Crippen LogP contribution >= 0.6 is 0 Å². The number of hydrogen-bond acceptors (Lipinski definition) is 2. The van der Waals surface area contributed by atoms with Crippen LogP contribution in [0.1, 0.15) is 12.6 Å². The average Bonchev–Trinajstić information content (AvgIpc) is 2.63. The molecule has 0 unspecified atom stereocenters. The predicted octanol–water partition coefficient (Wildman–Crippen LogP) is 2.12.